The molecule has 0 radical (unpaired) electrons. The smallest absolute Gasteiger partial charge is 0.287 e. The Morgan fingerprint density at radius 1 is 1.42 bits per heavy atom. The molecule has 0 amide bonds. The molecule has 1 atom stereocenters. The van der Waals surface area contributed by atoms with Crippen molar-refractivity contribution in [2.45, 2.75) is 44.3 Å². The summed E-state index contributed by atoms with van der Waals surface area (Å²) in [6.45, 7) is 3.21. The van der Waals surface area contributed by atoms with Crippen LogP contribution < -0.4 is 5.32 Å². The number of alkyl halides is 2. The zero-order chi connectivity index (χ0) is 9.41. The van der Waals surface area contributed by atoms with Gasteiger partial charge in [-0.1, -0.05) is 13.8 Å². The summed E-state index contributed by atoms with van der Waals surface area (Å²) in [6, 6.07) is 0. The van der Waals surface area contributed by atoms with E-state index in [4.69, 9.17) is 0 Å². The van der Waals surface area contributed by atoms with Gasteiger partial charge in [0.1, 0.15) is 6.10 Å². The molecule has 2 nitrogen and oxygen atoms in total. The Labute approximate surface area is 71.0 Å². The van der Waals surface area contributed by atoms with Crippen LogP contribution in [0.5, 0.6) is 0 Å². The zero-order valence-electron chi connectivity index (χ0n) is 7.40. The Bertz CT molecular complexity index is 168. The van der Waals surface area contributed by atoms with E-state index in [2.05, 4.69) is 5.32 Å². The number of nitrogens with one attached hydrogen (secondary N) is 1. The Balaban J connectivity index is 2.83. The first kappa shape index (κ1) is 9.86. The van der Waals surface area contributed by atoms with Crippen LogP contribution in [0.2, 0.25) is 0 Å². The number of aliphatic hydroxyl groups is 1. The van der Waals surface area contributed by atoms with E-state index in [0.717, 1.165) is 0 Å². The van der Waals surface area contributed by atoms with Crippen molar-refractivity contribution in [3.63, 3.8) is 0 Å². The molecule has 1 saturated heterocycles. The maximum absolute atomic E-state index is 12.9. The van der Waals surface area contributed by atoms with Gasteiger partial charge in [-0.2, -0.15) is 0 Å². The van der Waals surface area contributed by atoms with Gasteiger partial charge in [-0.3, -0.25) is 0 Å². The minimum Gasteiger partial charge on any atom is -0.385 e. The van der Waals surface area contributed by atoms with E-state index >= 15 is 0 Å². The Morgan fingerprint density at radius 2 is 1.92 bits per heavy atom. The van der Waals surface area contributed by atoms with Gasteiger partial charge in [0.2, 0.25) is 0 Å². The first-order chi connectivity index (χ1) is 5.48. The highest BCUT2D eigenvalue weighted by Gasteiger charge is 2.56. The third-order valence-corrected chi connectivity index (χ3v) is 2.86. The molecule has 1 heterocycles. The fourth-order valence-electron chi connectivity index (χ4n) is 1.78. The molecule has 0 bridgehead atoms. The molecular weight excluding hydrogens is 164 g/mol. The van der Waals surface area contributed by atoms with Gasteiger partial charge in [0.15, 0.2) is 0 Å². The van der Waals surface area contributed by atoms with Crippen LogP contribution in [0, 0.1) is 0 Å². The average Bonchev–Trinajstić information content (AvgIpc) is 2.27. The lowest BCUT2D eigenvalue weighted by Gasteiger charge is -2.31. The van der Waals surface area contributed by atoms with E-state index in [1.165, 1.54) is 0 Å². The van der Waals surface area contributed by atoms with Crippen LogP contribution in [-0.2, 0) is 0 Å². The lowest BCUT2D eigenvalue weighted by Crippen LogP contribution is -2.49. The molecule has 0 saturated carbocycles. The van der Waals surface area contributed by atoms with E-state index in [-0.39, 0.29) is 0 Å². The molecule has 0 aromatic rings. The molecule has 4 heteroatoms. The molecule has 72 valence electrons. The first-order valence-corrected chi connectivity index (χ1v) is 4.29. The molecule has 1 unspecified atom stereocenters. The quantitative estimate of drug-likeness (QED) is 0.666. The lowest BCUT2D eigenvalue weighted by molar-refractivity contribution is -0.0971. The topological polar surface area (TPSA) is 32.3 Å². The van der Waals surface area contributed by atoms with E-state index < -0.39 is 24.1 Å². The average molecular weight is 179 g/mol. The van der Waals surface area contributed by atoms with Gasteiger partial charge < -0.3 is 10.4 Å². The number of aliphatic hydroxyl groups excluding tert-OH is 1. The molecule has 1 fully saturated rings. The summed E-state index contributed by atoms with van der Waals surface area (Å²) in [7, 11) is 0. The van der Waals surface area contributed by atoms with Gasteiger partial charge in [-0.25, -0.2) is 8.78 Å². The fraction of sp³-hybridized carbons (Fsp3) is 1.00. The second kappa shape index (κ2) is 2.92. The van der Waals surface area contributed by atoms with Gasteiger partial charge in [0.05, 0.1) is 6.54 Å². The van der Waals surface area contributed by atoms with Gasteiger partial charge in [0.25, 0.3) is 5.92 Å². The Hall–Kier alpha value is -0.220. The van der Waals surface area contributed by atoms with E-state index in [1.54, 1.807) is 13.8 Å². The SMILES string of the molecule is CCC1(CC)NCC(F)(F)C1O. The summed E-state index contributed by atoms with van der Waals surface area (Å²) in [5, 5.41) is 12.1. The van der Waals surface area contributed by atoms with Gasteiger partial charge in [-0.15, -0.1) is 0 Å². The van der Waals surface area contributed by atoms with Crippen LogP contribution >= 0.6 is 0 Å². The number of halogens is 2. The standard InChI is InChI=1S/C8H15F2NO/c1-3-7(4-2)6(12)8(9,10)5-11-7/h6,11-12H,3-5H2,1-2H3. The van der Waals surface area contributed by atoms with E-state index in [1.807, 2.05) is 0 Å². The summed E-state index contributed by atoms with van der Waals surface area (Å²) < 4.78 is 25.8. The minimum absolute atomic E-state index is 0.407. The Morgan fingerprint density at radius 3 is 2.08 bits per heavy atom. The maximum Gasteiger partial charge on any atom is 0.287 e. The van der Waals surface area contributed by atoms with Gasteiger partial charge in [0, 0.05) is 5.54 Å². The first-order valence-electron chi connectivity index (χ1n) is 4.29. The summed E-state index contributed by atoms with van der Waals surface area (Å²) >= 11 is 0. The molecule has 1 aliphatic rings. The minimum atomic E-state index is -2.97. The van der Waals surface area contributed by atoms with Crippen molar-refractivity contribution in [2.24, 2.45) is 0 Å². The van der Waals surface area contributed by atoms with Crippen molar-refractivity contribution in [1.82, 2.24) is 5.32 Å². The van der Waals surface area contributed by atoms with E-state index in [0.29, 0.717) is 12.8 Å². The summed E-state index contributed by atoms with van der Waals surface area (Å²) in [5.74, 6) is -2.97. The molecule has 12 heavy (non-hydrogen) atoms. The lowest BCUT2D eigenvalue weighted by atomic mass is 9.87. The predicted octanol–water partition coefficient (Wildman–Crippen LogP) is 1.14. The number of hydrogen-bond donors (Lipinski definition) is 2. The Kier molecular flexibility index (Phi) is 2.40. The van der Waals surface area contributed by atoms with Crippen LogP contribution in [0.25, 0.3) is 0 Å². The molecule has 0 spiro atoms. The van der Waals surface area contributed by atoms with Crippen molar-refractivity contribution in [1.29, 1.82) is 0 Å². The zero-order valence-corrected chi connectivity index (χ0v) is 7.40. The molecule has 1 rings (SSSR count). The molecule has 1 aliphatic heterocycles. The van der Waals surface area contributed by atoms with Crippen molar-refractivity contribution in [3.05, 3.63) is 0 Å². The van der Waals surface area contributed by atoms with Crippen molar-refractivity contribution >= 4 is 0 Å². The monoisotopic (exact) mass is 179 g/mol. The molecular formula is C8H15F2NO. The highest BCUT2D eigenvalue weighted by atomic mass is 19.3. The van der Waals surface area contributed by atoms with E-state index in [9.17, 15) is 13.9 Å². The van der Waals surface area contributed by atoms with Gasteiger partial charge >= 0.3 is 0 Å². The molecule has 0 aromatic heterocycles. The largest absolute Gasteiger partial charge is 0.385 e. The number of rotatable bonds is 2. The summed E-state index contributed by atoms with van der Waals surface area (Å²) in [6.07, 6.45) is -0.486. The molecule has 2 N–H and O–H groups in total. The highest BCUT2D eigenvalue weighted by molar-refractivity contribution is 5.06. The highest BCUT2D eigenvalue weighted by Crippen LogP contribution is 2.36. The molecule has 0 aliphatic carbocycles. The fourth-order valence-corrected chi connectivity index (χ4v) is 1.78. The maximum atomic E-state index is 12.9. The van der Waals surface area contributed by atoms with Crippen LogP contribution in [-0.4, -0.2) is 29.2 Å². The second-order valence-corrected chi connectivity index (χ2v) is 3.38. The van der Waals surface area contributed by atoms with Crippen molar-refractivity contribution in [3.8, 4) is 0 Å². The normalized spacial score (nSPS) is 32.2. The summed E-state index contributed by atoms with van der Waals surface area (Å²) in [5.41, 5.74) is -0.774. The molecule has 0 aromatic carbocycles. The van der Waals surface area contributed by atoms with Crippen molar-refractivity contribution < 1.29 is 13.9 Å². The van der Waals surface area contributed by atoms with Crippen LogP contribution in [0.3, 0.4) is 0 Å². The predicted molar refractivity (Wildman–Crippen MR) is 42.3 cm³/mol. The third-order valence-electron chi connectivity index (χ3n) is 2.86. The van der Waals surface area contributed by atoms with Crippen LogP contribution in [0.15, 0.2) is 0 Å². The summed E-state index contributed by atoms with van der Waals surface area (Å²) in [4.78, 5) is 0. The second-order valence-electron chi connectivity index (χ2n) is 3.38. The third kappa shape index (κ3) is 1.23. The van der Waals surface area contributed by atoms with Crippen LogP contribution in [0.4, 0.5) is 8.78 Å². The number of hydrogen-bond acceptors (Lipinski definition) is 2. The van der Waals surface area contributed by atoms with Gasteiger partial charge in [-0.05, 0) is 12.8 Å². The van der Waals surface area contributed by atoms with Crippen LogP contribution in [0.1, 0.15) is 26.7 Å². The van der Waals surface area contributed by atoms with Crippen molar-refractivity contribution in [2.75, 3.05) is 6.54 Å².